The Labute approximate surface area is 241 Å². The highest BCUT2D eigenvalue weighted by molar-refractivity contribution is 5.91. The van der Waals surface area contributed by atoms with E-state index in [9.17, 15) is 4.79 Å². The van der Waals surface area contributed by atoms with Crippen LogP contribution in [0, 0.1) is 6.92 Å². The quantitative estimate of drug-likeness (QED) is 0.253. The van der Waals surface area contributed by atoms with Gasteiger partial charge in [-0.25, -0.2) is 14.6 Å². The summed E-state index contributed by atoms with van der Waals surface area (Å²) in [5.41, 5.74) is 4.95. The van der Waals surface area contributed by atoms with Crippen molar-refractivity contribution < 1.29 is 4.79 Å². The zero-order valence-corrected chi connectivity index (χ0v) is 23.8. The van der Waals surface area contributed by atoms with E-state index in [4.69, 9.17) is 15.1 Å². The molecule has 6 rings (SSSR count). The van der Waals surface area contributed by atoms with E-state index < -0.39 is 0 Å². The van der Waals surface area contributed by atoms with Crippen LogP contribution in [0.3, 0.4) is 0 Å². The van der Waals surface area contributed by atoms with E-state index in [1.807, 2.05) is 71.1 Å². The number of anilines is 1. The molecule has 2 aromatic heterocycles. The van der Waals surface area contributed by atoms with E-state index >= 15 is 0 Å². The number of fused-ring (bicyclic) bond motifs is 1. The van der Waals surface area contributed by atoms with Crippen molar-refractivity contribution in [2.24, 2.45) is 0 Å². The summed E-state index contributed by atoms with van der Waals surface area (Å²) in [5.74, 6) is 1.77. The van der Waals surface area contributed by atoms with Gasteiger partial charge in [0.2, 0.25) is 5.91 Å². The first kappa shape index (κ1) is 26.7. The van der Waals surface area contributed by atoms with Crippen molar-refractivity contribution in [1.29, 1.82) is 0 Å². The Balaban J connectivity index is 1.35. The first-order valence-corrected chi connectivity index (χ1v) is 14.6. The van der Waals surface area contributed by atoms with Gasteiger partial charge in [0.15, 0.2) is 5.65 Å². The lowest BCUT2D eigenvalue weighted by molar-refractivity contribution is -0.132. The number of para-hydroxylation sites is 1. The fourth-order valence-corrected chi connectivity index (χ4v) is 5.85. The van der Waals surface area contributed by atoms with Crippen molar-refractivity contribution >= 4 is 22.8 Å². The van der Waals surface area contributed by atoms with Gasteiger partial charge in [0.25, 0.3) is 0 Å². The minimum absolute atomic E-state index is 0.114. The fourth-order valence-electron chi connectivity index (χ4n) is 5.85. The van der Waals surface area contributed by atoms with E-state index in [1.165, 1.54) is 5.56 Å². The largest absolute Gasteiger partial charge is 0.354 e. The number of rotatable bonds is 7. The molecule has 41 heavy (non-hydrogen) atoms. The molecule has 1 fully saturated rings. The highest BCUT2D eigenvalue weighted by Gasteiger charge is 2.28. The average molecular weight is 545 g/mol. The van der Waals surface area contributed by atoms with Crippen LogP contribution in [0.4, 0.5) is 5.82 Å². The highest BCUT2D eigenvalue weighted by Crippen LogP contribution is 2.31. The Morgan fingerprint density at radius 2 is 1.51 bits per heavy atom. The van der Waals surface area contributed by atoms with Crippen LogP contribution in [0.1, 0.15) is 48.3 Å². The summed E-state index contributed by atoms with van der Waals surface area (Å²) in [6.45, 7) is 7.06. The number of benzene rings is 3. The Kier molecular flexibility index (Phi) is 7.76. The van der Waals surface area contributed by atoms with Crippen LogP contribution in [-0.4, -0.2) is 56.7 Å². The molecule has 5 aromatic rings. The van der Waals surface area contributed by atoms with Gasteiger partial charge >= 0.3 is 0 Å². The Morgan fingerprint density at radius 3 is 2.22 bits per heavy atom. The molecular formula is C34H36N6O. The molecule has 7 nitrogen and oxygen atoms in total. The van der Waals surface area contributed by atoms with Crippen molar-refractivity contribution in [2.45, 2.75) is 39.0 Å². The lowest BCUT2D eigenvalue weighted by Gasteiger charge is -2.26. The molecule has 208 valence electrons. The zero-order valence-electron chi connectivity index (χ0n) is 23.8. The van der Waals surface area contributed by atoms with Crippen LogP contribution < -0.4 is 4.90 Å². The number of nitrogens with zero attached hydrogens (tertiary/aromatic N) is 6. The predicted octanol–water partition coefficient (Wildman–Crippen LogP) is 5.95. The van der Waals surface area contributed by atoms with Crippen molar-refractivity contribution in [3.63, 3.8) is 0 Å². The molecule has 7 heteroatoms. The van der Waals surface area contributed by atoms with Gasteiger partial charge in [0.1, 0.15) is 11.6 Å². The molecule has 3 aromatic carbocycles. The SMILES string of the molecule is CC[C@@H](C(=O)N1CCCN(c2nc(Cc3ccccc3)nc3c2c(C)nn3-c2ccccc2)CC1)c1ccccc1. The summed E-state index contributed by atoms with van der Waals surface area (Å²) in [4.78, 5) is 28.3. The van der Waals surface area contributed by atoms with Crippen LogP contribution in [0.5, 0.6) is 0 Å². The van der Waals surface area contributed by atoms with Gasteiger partial charge in [-0.15, -0.1) is 0 Å². The standard InChI is InChI=1S/C34H36N6O/c1-3-29(27-16-9-5-10-17-27)34(41)39-21-13-20-38(22-23-39)32-31-25(2)37-40(28-18-11-6-12-19-28)33(31)36-30(35-32)24-26-14-7-4-8-15-26/h4-12,14-19,29H,3,13,20-24H2,1-2H3/t29-/m1/s1. The number of aryl methyl sites for hydroxylation is 1. The number of aromatic nitrogens is 4. The van der Waals surface area contributed by atoms with Crippen molar-refractivity contribution in [1.82, 2.24) is 24.6 Å². The van der Waals surface area contributed by atoms with E-state index in [-0.39, 0.29) is 11.8 Å². The van der Waals surface area contributed by atoms with Crippen molar-refractivity contribution in [3.05, 3.63) is 114 Å². The lowest BCUT2D eigenvalue weighted by Crippen LogP contribution is -2.38. The summed E-state index contributed by atoms with van der Waals surface area (Å²) in [5, 5.41) is 5.89. The molecule has 0 unspecified atom stereocenters. The second kappa shape index (κ2) is 11.9. The van der Waals surface area contributed by atoms with Gasteiger partial charge in [-0.3, -0.25) is 4.79 Å². The van der Waals surface area contributed by atoms with Crippen LogP contribution in [-0.2, 0) is 11.2 Å². The molecule has 1 atom stereocenters. The third kappa shape index (κ3) is 5.57. The van der Waals surface area contributed by atoms with Crippen LogP contribution in [0.25, 0.3) is 16.7 Å². The molecule has 0 N–H and O–H groups in total. The molecule has 1 aliphatic heterocycles. The first-order chi connectivity index (χ1) is 20.1. The monoisotopic (exact) mass is 544 g/mol. The van der Waals surface area contributed by atoms with Crippen molar-refractivity contribution in [2.75, 3.05) is 31.1 Å². The second-order valence-electron chi connectivity index (χ2n) is 10.7. The molecule has 0 saturated carbocycles. The maximum atomic E-state index is 13.7. The lowest BCUT2D eigenvalue weighted by atomic mass is 9.95. The van der Waals surface area contributed by atoms with Crippen LogP contribution in [0.15, 0.2) is 91.0 Å². The maximum Gasteiger partial charge on any atom is 0.230 e. The first-order valence-electron chi connectivity index (χ1n) is 14.6. The van der Waals surface area contributed by atoms with E-state index in [1.54, 1.807) is 0 Å². The Morgan fingerprint density at radius 1 is 0.829 bits per heavy atom. The molecule has 1 amide bonds. The molecule has 0 spiro atoms. The number of hydrogen-bond donors (Lipinski definition) is 0. The molecule has 3 heterocycles. The average Bonchev–Trinajstić information content (AvgIpc) is 3.17. The Bertz CT molecular complexity index is 1620. The minimum Gasteiger partial charge on any atom is -0.354 e. The molecule has 1 saturated heterocycles. The van der Waals surface area contributed by atoms with E-state index in [0.29, 0.717) is 19.5 Å². The number of carbonyl (C=O) groups is 1. The molecule has 1 aliphatic rings. The van der Waals surface area contributed by atoms with Crippen LogP contribution >= 0.6 is 0 Å². The Hall–Kier alpha value is -4.52. The van der Waals surface area contributed by atoms with Crippen LogP contribution in [0.2, 0.25) is 0 Å². The molecular weight excluding hydrogens is 508 g/mol. The third-order valence-corrected chi connectivity index (χ3v) is 7.95. The number of hydrogen-bond acceptors (Lipinski definition) is 5. The number of amides is 1. The fraction of sp³-hybridized carbons (Fsp3) is 0.294. The van der Waals surface area contributed by atoms with Gasteiger partial charge in [-0.1, -0.05) is 85.8 Å². The predicted molar refractivity (Wildman–Crippen MR) is 164 cm³/mol. The third-order valence-electron chi connectivity index (χ3n) is 7.95. The summed E-state index contributed by atoms with van der Waals surface area (Å²) in [6.07, 6.45) is 2.30. The normalized spacial score (nSPS) is 14.7. The summed E-state index contributed by atoms with van der Waals surface area (Å²) >= 11 is 0. The zero-order chi connectivity index (χ0) is 28.2. The highest BCUT2D eigenvalue weighted by atomic mass is 16.2. The molecule has 0 radical (unpaired) electrons. The maximum absolute atomic E-state index is 13.7. The van der Waals surface area contributed by atoms with E-state index in [2.05, 4.69) is 48.2 Å². The topological polar surface area (TPSA) is 67.2 Å². The second-order valence-corrected chi connectivity index (χ2v) is 10.7. The van der Waals surface area contributed by atoms with Gasteiger partial charge in [-0.05, 0) is 43.0 Å². The van der Waals surface area contributed by atoms with Gasteiger partial charge in [0.05, 0.1) is 22.7 Å². The molecule has 0 aliphatic carbocycles. The van der Waals surface area contributed by atoms with Crippen molar-refractivity contribution in [3.8, 4) is 5.69 Å². The number of carbonyl (C=O) groups excluding carboxylic acids is 1. The molecule has 0 bridgehead atoms. The smallest absolute Gasteiger partial charge is 0.230 e. The summed E-state index contributed by atoms with van der Waals surface area (Å²) in [7, 11) is 0. The summed E-state index contributed by atoms with van der Waals surface area (Å²) in [6, 6.07) is 30.7. The van der Waals surface area contributed by atoms with Gasteiger partial charge in [0, 0.05) is 32.6 Å². The summed E-state index contributed by atoms with van der Waals surface area (Å²) < 4.78 is 1.93. The van der Waals surface area contributed by atoms with Gasteiger partial charge in [-0.2, -0.15) is 5.10 Å². The van der Waals surface area contributed by atoms with Gasteiger partial charge < -0.3 is 9.80 Å². The minimum atomic E-state index is -0.114. The van der Waals surface area contributed by atoms with E-state index in [0.717, 1.165) is 65.6 Å².